The number of carbonyl (C=O) groups is 2. The summed E-state index contributed by atoms with van der Waals surface area (Å²) >= 11 is 1.54. The normalized spacial score (nSPS) is 23.5. The van der Waals surface area contributed by atoms with Gasteiger partial charge in [-0.1, -0.05) is 0 Å². The van der Waals surface area contributed by atoms with Crippen LogP contribution in [0.2, 0.25) is 0 Å². The molecular formula is C20H23F3N2O5S. The quantitative estimate of drug-likeness (QED) is 0.712. The lowest BCUT2D eigenvalue weighted by Gasteiger charge is -2.35. The molecule has 2 saturated heterocycles. The molecule has 1 amide bonds. The lowest BCUT2D eigenvalue weighted by molar-refractivity contribution is -0.192. The van der Waals surface area contributed by atoms with Crippen molar-refractivity contribution in [3.8, 4) is 0 Å². The summed E-state index contributed by atoms with van der Waals surface area (Å²) in [6.07, 6.45) is -2.10. The first-order valence-electron chi connectivity index (χ1n) is 9.71. The highest BCUT2D eigenvalue weighted by Gasteiger charge is 2.41. The molecule has 0 bridgehead atoms. The monoisotopic (exact) mass is 460 g/mol. The SMILES string of the molecule is O=C(NC[C@H]1OC[C@@H]2CCN(Cc3ccco3)C[C@@H]21)c1ccsc1.O=C(O)C(F)(F)F. The minimum atomic E-state index is -5.08. The molecule has 2 aromatic rings. The molecule has 0 saturated carbocycles. The standard InChI is InChI=1S/C18H22N2O3S.C2HF3O2/c21-18(14-4-7-24-12-14)19-8-17-16-10-20(5-3-13(16)11-23-17)9-15-2-1-6-22-15;3-2(4,5)1(6)7/h1-2,4,6-7,12-13,16-17H,3,5,8-11H2,(H,19,21);(H,6,7)/t13-,16-,17+;/m0./s1. The van der Waals surface area contributed by atoms with Crippen LogP contribution in [0, 0.1) is 11.8 Å². The molecule has 4 heterocycles. The second-order valence-electron chi connectivity index (χ2n) is 7.42. The fourth-order valence-electron chi connectivity index (χ4n) is 3.77. The largest absolute Gasteiger partial charge is 0.490 e. The van der Waals surface area contributed by atoms with Gasteiger partial charge in [0.05, 0.1) is 25.5 Å². The Morgan fingerprint density at radius 2 is 2.10 bits per heavy atom. The summed E-state index contributed by atoms with van der Waals surface area (Å²) in [6.45, 7) is 4.34. The van der Waals surface area contributed by atoms with E-state index in [4.69, 9.17) is 19.1 Å². The number of aliphatic carboxylic acids is 1. The van der Waals surface area contributed by atoms with E-state index < -0.39 is 12.1 Å². The second kappa shape index (κ2) is 10.3. The van der Waals surface area contributed by atoms with E-state index in [2.05, 4.69) is 10.2 Å². The summed E-state index contributed by atoms with van der Waals surface area (Å²) in [5, 5.41) is 13.9. The maximum Gasteiger partial charge on any atom is 0.490 e. The van der Waals surface area contributed by atoms with Gasteiger partial charge in [0, 0.05) is 30.0 Å². The molecule has 2 aliphatic rings. The molecule has 7 nitrogen and oxygen atoms in total. The summed E-state index contributed by atoms with van der Waals surface area (Å²) in [4.78, 5) is 23.4. The molecule has 0 aromatic carbocycles. The highest BCUT2D eigenvalue weighted by atomic mass is 32.1. The number of nitrogens with zero attached hydrogens (tertiary/aromatic N) is 1. The summed E-state index contributed by atoms with van der Waals surface area (Å²) < 4.78 is 43.2. The number of carboxylic acid groups (broad SMARTS) is 1. The number of piperidine rings is 1. The van der Waals surface area contributed by atoms with Gasteiger partial charge in [0.2, 0.25) is 0 Å². The van der Waals surface area contributed by atoms with Crippen molar-refractivity contribution in [3.63, 3.8) is 0 Å². The van der Waals surface area contributed by atoms with Crippen LogP contribution in [0.5, 0.6) is 0 Å². The Balaban J connectivity index is 0.000000339. The van der Waals surface area contributed by atoms with Crippen molar-refractivity contribution >= 4 is 23.2 Å². The molecule has 2 fully saturated rings. The number of fused-ring (bicyclic) bond motifs is 1. The topological polar surface area (TPSA) is 92.0 Å². The molecule has 4 rings (SSSR count). The fourth-order valence-corrected chi connectivity index (χ4v) is 4.40. The van der Waals surface area contributed by atoms with Gasteiger partial charge < -0.3 is 19.6 Å². The van der Waals surface area contributed by atoms with Crippen molar-refractivity contribution in [1.82, 2.24) is 10.2 Å². The summed E-state index contributed by atoms with van der Waals surface area (Å²) in [5.41, 5.74) is 0.734. The molecule has 170 valence electrons. The third-order valence-electron chi connectivity index (χ3n) is 5.34. The Kier molecular flexibility index (Phi) is 7.74. The molecule has 2 aliphatic heterocycles. The average Bonchev–Trinajstić information content (AvgIpc) is 3.48. The minimum Gasteiger partial charge on any atom is -0.475 e. The van der Waals surface area contributed by atoms with Gasteiger partial charge in [-0.05, 0) is 42.5 Å². The van der Waals surface area contributed by atoms with Gasteiger partial charge >= 0.3 is 12.1 Å². The predicted octanol–water partition coefficient (Wildman–Crippen LogP) is 3.24. The zero-order valence-electron chi connectivity index (χ0n) is 16.5. The molecule has 11 heteroatoms. The third-order valence-corrected chi connectivity index (χ3v) is 6.03. The van der Waals surface area contributed by atoms with E-state index in [1.165, 1.54) is 11.3 Å². The van der Waals surface area contributed by atoms with Gasteiger partial charge in [-0.2, -0.15) is 24.5 Å². The van der Waals surface area contributed by atoms with Gasteiger partial charge in [-0.25, -0.2) is 4.79 Å². The van der Waals surface area contributed by atoms with E-state index in [1.807, 2.05) is 29.0 Å². The molecule has 3 atom stereocenters. The van der Waals surface area contributed by atoms with E-state index >= 15 is 0 Å². The number of hydrogen-bond acceptors (Lipinski definition) is 6. The van der Waals surface area contributed by atoms with Crippen molar-refractivity contribution in [2.24, 2.45) is 11.8 Å². The summed E-state index contributed by atoms with van der Waals surface area (Å²) in [5.74, 6) is -0.661. The number of alkyl halides is 3. The third kappa shape index (κ3) is 6.55. The van der Waals surface area contributed by atoms with E-state index in [-0.39, 0.29) is 12.0 Å². The Hall–Kier alpha value is -2.37. The number of likely N-dealkylation sites (tertiary alicyclic amines) is 1. The van der Waals surface area contributed by atoms with Crippen LogP contribution in [-0.4, -0.2) is 60.4 Å². The number of amides is 1. The average molecular weight is 460 g/mol. The first-order valence-corrected chi connectivity index (χ1v) is 10.6. The van der Waals surface area contributed by atoms with Crippen LogP contribution in [0.15, 0.2) is 39.6 Å². The number of hydrogen-bond donors (Lipinski definition) is 2. The molecule has 2 aromatic heterocycles. The highest BCUT2D eigenvalue weighted by molar-refractivity contribution is 7.08. The number of halogens is 3. The number of furan rings is 1. The van der Waals surface area contributed by atoms with Gasteiger partial charge in [0.1, 0.15) is 5.76 Å². The molecule has 31 heavy (non-hydrogen) atoms. The smallest absolute Gasteiger partial charge is 0.475 e. The zero-order chi connectivity index (χ0) is 22.4. The summed E-state index contributed by atoms with van der Waals surface area (Å²) in [7, 11) is 0. The highest BCUT2D eigenvalue weighted by Crippen LogP contribution is 2.34. The minimum absolute atomic E-state index is 0.00782. The lowest BCUT2D eigenvalue weighted by atomic mass is 9.84. The van der Waals surface area contributed by atoms with Gasteiger partial charge in [-0.3, -0.25) is 9.69 Å². The van der Waals surface area contributed by atoms with Crippen molar-refractivity contribution in [1.29, 1.82) is 0 Å². The molecule has 0 unspecified atom stereocenters. The molecule has 2 N–H and O–H groups in total. The molecular weight excluding hydrogens is 437 g/mol. The van der Waals surface area contributed by atoms with Gasteiger partial charge in [0.15, 0.2) is 0 Å². The fraction of sp³-hybridized carbons (Fsp3) is 0.500. The van der Waals surface area contributed by atoms with Crippen LogP contribution in [0.4, 0.5) is 13.2 Å². The van der Waals surface area contributed by atoms with Crippen molar-refractivity contribution < 1.29 is 37.0 Å². The van der Waals surface area contributed by atoms with Gasteiger partial charge in [-0.15, -0.1) is 0 Å². The van der Waals surface area contributed by atoms with Crippen molar-refractivity contribution in [2.75, 3.05) is 26.2 Å². The van der Waals surface area contributed by atoms with E-state index in [0.29, 0.717) is 18.4 Å². The number of carbonyl (C=O) groups excluding carboxylic acids is 1. The van der Waals surface area contributed by atoms with Crippen LogP contribution in [0.3, 0.4) is 0 Å². The second-order valence-corrected chi connectivity index (χ2v) is 8.20. The van der Waals surface area contributed by atoms with Crippen LogP contribution >= 0.6 is 11.3 Å². The Morgan fingerprint density at radius 1 is 1.32 bits per heavy atom. The Labute approximate surface area is 180 Å². The Bertz CT molecular complexity index is 842. The number of ether oxygens (including phenoxy) is 1. The number of rotatable bonds is 5. The zero-order valence-corrected chi connectivity index (χ0v) is 17.3. The molecule has 0 radical (unpaired) electrons. The first kappa shape index (κ1) is 23.3. The molecule has 0 spiro atoms. The number of carboxylic acids is 1. The molecule has 0 aliphatic carbocycles. The van der Waals surface area contributed by atoms with Crippen molar-refractivity contribution in [2.45, 2.75) is 25.2 Å². The van der Waals surface area contributed by atoms with Crippen molar-refractivity contribution in [3.05, 3.63) is 46.5 Å². The van der Waals surface area contributed by atoms with E-state index in [9.17, 15) is 18.0 Å². The Morgan fingerprint density at radius 3 is 2.71 bits per heavy atom. The van der Waals surface area contributed by atoms with Crippen LogP contribution < -0.4 is 5.32 Å². The van der Waals surface area contributed by atoms with E-state index in [1.54, 1.807) is 6.26 Å². The first-order chi connectivity index (χ1) is 14.7. The predicted molar refractivity (Wildman–Crippen MR) is 106 cm³/mol. The van der Waals surface area contributed by atoms with Gasteiger partial charge in [0.25, 0.3) is 5.91 Å². The lowest BCUT2D eigenvalue weighted by Crippen LogP contribution is -2.45. The maximum absolute atomic E-state index is 12.1. The van der Waals surface area contributed by atoms with E-state index in [0.717, 1.165) is 44.0 Å². The number of nitrogens with one attached hydrogen (secondary N) is 1. The van der Waals surface area contributed by atoms with Crippen LogP contribution in [0.1, 0.15) is 22.5 Å². The van der Waals surface area contributed by atoms with Crippen LogP contribution in [-0.2, 0) is 16.1 Å². The van der Waals surface area contributed by atoms with Crippen LogP contribution in [0.25, 0.3) is 0 Å². The maximum atomic E-state index is 12.1. The number of thiophene rings is 1. The summed E-state index contributed by atoms with van der Waals surface area (Å²) in [6, 6.07) is 5.81.